The summed E-state index contributed by atoms with van der Waals surface area (Å²) >= 11 is 0. The largest absolute Gasteiger partial charge is 0.456 e. The van der Waals surface area contributed by atoms with Crippen LogP contribution in [0.1, 0.15) is 13.8 Å². The Morgan fingerprint density at radius 1 is 1.20 bits per heavy atom. The summed E-state index contributed by atoms with van der Waals surface area (Å²) in [5.41, 5.74) is 2.40. The topological polar surface area (TPSA) is 61.5 Å². The number of hydrogen-bond acceptors (Lipinski definition) is 3. The van der Waals surface area contributed by atoms with Crippen LogP contribution < -0.4 is 10.0 Å². The van der Waals surface area contributed by atoms with E-state index in [9.17, 15) is 22.1 Å². The van der Waals surface area contributed by atoms with Crippen molar-refractivity contribution in [3.8, 4) is 5.75 Å². The summed E-state index contributed by atoms with van der Waals surface area (Å²) in [5, 5.41) is 0. The van der Waals surface area contributed by atoms with E-state index in [1.165, 1.54) is 24.3 Å². The molecule has 0 saturated heterocycles. The second kappa shape index (κ2) is 5.71. The molecule has 0 saturated carbocycles. The average molecular weight is 315 g/mol. The molecule has 2 N–H and O–H groups in total. The Morgan fingerprint density at radius 2 is 1.70 bits per heavy atom. The molecular weight excluding hydrogens is 301 g/mol. The molecule has 114 valence electrons. The molecule has 1 aromatic carbocycles. The molecule has 1 aromatic rings. The number of benzene rings is 1. The third-order valence-corrected chi connectivity index (χ3v) is 3.58. The van der Waals surface area contributed by atoms with Gasteiger partial charge >= 0.3 is 20.1 Å². The van der Waals surface area contributed by atoms with Crippen molar-refractivity contribution in [1.82, 2.24) is 0 Å². The van der Waals surface area contributed by atoms with Gasteiger partial charge in [-0.1, -0.05) is 18.2 Å². The van der Waals surface area contributed by atoms with Gasteiger partial charge in [-0.2, -0.15) is 8.78 Å². The van der Waals surface area contributed by atoms with E-state index in [0.717, 1.165) is 0 Å². The van der Waals surface area contributed by atoms with Gasteiger partial charge in [-0.25, -0.2) is 18.9 Å². The normalized spacial score (nSPS) is 16.0. The minimum Gasteiger partial charge on any atom is -0.413 e. The quantitative estimate of drug-likeness (QED) is 0.640. The monoisotopic (exact) mass is 315 g/mol. The summed E-state index contributed by atoms with van der Waals surface area (Å²) in [6, 6.07) is 7.40. The molecule has 1 unspecified atom stereocenters. The molecule has 4 nitrogen and oxygen atoms in total. The van der Waals surface area contributed by atoms with Crippen molar-refractivity contribution in [2.24, 2.45) is 5.50 Å². The lowest BCUT2D eigenvalue weighted by Crippen LogP contribution is -2.50. The van der Waals surface area contributed by atoms with Gasteiger partial charge in [0.05, 0.1) is 0 Å². The average Bonchev–Trinajstić information content (AvgIpc) is 2.27. The van der Waals surface area contributed by atoms with Gasteiger partial charge in [0.1, 0.15) is 11.4 Å². The predicted octanol–water partition coefficient (Wildman–Crippen LogP) is 3.83. The van der Waals surface area contributed by atoms with Gasteiger partial charge < -0.3 is 4.52 Å². The van der Waals surface area contributed by atoms with Gasteiger partial charge in [0.25, 0.3) is 0 Å². The highest BCUT2D eigenvalue weighted by Crippen LogP contribution is 2.49. The Morgan fingerprint density at radius 3 is 2.15 bits per heavy atom. The molecule has 0 radical (unpaired) electrons. The molecule has 1 rings (SSSR count). The second-order valence-electron chi connectivity index (χ2n) is 4.47. The van der Waals surface area contributed by atoms with Crippen LogP contribution in [0.5, 0.6) is 5.75 Å². The van der Waals surface area contributed by atoms with Crippen LogP contribution in [0, 0.1) is 0 Å². The van der Waals surface area contributed by atoms with E-state index in [1.54, 1.807) is 6.07 Å². The number of rotatable bonds is 6. The first-order valence-corrected chi connectivity index (χ1v) is 7.09. The van der Waals surface area contributed by atoms with Gasteiger partial charge in [-0.05, 0) is 26.0 Å². The first-order chi connectivity index (χ1) is 8.98. The number of halogens is 4. The molecule has 0 fully saturated rings. The zero-order valence-electron chi connectivity index (χ0n) is 10.7. The van der Waals surface area contributed by atoms with Crippen LogP contribution in [0.2, 0.25) is 0 Å². The van der Waals surface area contributed by atoms with E-state index in [4.69, 9.17) is 10.0 Å². The highest BCUT2D eigenvalue weighted by atomic mass is 31.2. The standard InChI is InChI=1S/C11H14F4NO3P/c1-10(2,11(14,15)9(12)13)19-20(16,17)18-8-6-4-3-5-7-8/h3-7,9H,1-2H3,(H2,16,17). The van der Waals surface area contributed by atoms with Gasteiger partial charge in [-0.15, -0.1) is 0 Å². The number of alkyl halides is 4. The molecular formula is C11H14F4NO3P. The van der Waals surface area contributed by atoms with Crippen molar-refractivity contribution in [3.05, 3.63) is 30.3 Å². The molecule has 0 aromatic heterocycles. The molecule has 20 heavy (non-hydrogen) atoms. The predicted molar refractivity (Wildman–Crippen MR) is 65.0 cm³/mol. The molecule has 0 aliphatic heterocycles. The molecule has 0 heterocycles. The van der Waals surface area contributed by atoms with Crippen LogP contribution in [0.15, 0.2) is 30.3 Å². The smallest absolute Gasteiger partial charge is 0.413 e. The lowest BCUT2D eigenvalue weighted by molar-refractivity contribution is -0.220. The summed E-state index contributed by atoms with van der Waals surface area (Å²) in [6.07, 6.45) is -3.99. The van der Waals surface area contributed by atoms with Crippen molar-refractivity contribution in [2.75, 3.05) is 0 Å². The Bertz CT molecular complexity index is 496. The number of nitrogens with two attached hydrogens (primary N) is 1. The third kappa shape index (κ3) is 3.94. The summed E-state index contributed by atoms with van der Waals surface area (Å²) in [7, 11) is -4.49. The highest BCUT2D eigenvalue weighted by molar-refractivity contribution is 7.51. The van der Waals surface area contributed by atoms with Gasteiger partial charge in [0, 0.05) is 0 Å². The fourth-order valence-corrected chi connectivity index (χ4v) is 2.50. The van der Waals surface area contributed by atoms with Gasteiger partial charge in [-0.3, -0.25) is 4.52 Å². The van der Waals surface area contributed by atoms with Crippen molar-refractivity contribution in [3.63, 3.8) is 0 Å². The van der Waals surface area contributed by atoms with E-state index < -0.39 is 25.7 Å². The van der Waals surface area contributed by atoms with Crippen molar-refractivity contribution in [2.45, 2.75) is 31.8 Å². The van der Waals surface area contributed by atoms with Crippen molar-refractivity contribution < 1.29 is 31.2 Å². The van der Waals surface area contributed by atoms with E-state index in [2.05, 4.69) is 4.52 Å². The molecule has 0 amide bonds. The molecule has 0 aliphatic carbocycles. The summed E-state index contributed by atoms with van der Waals surface area (Å²) < 4.78 is 72.2. The Balaban J connectivity index is 2.88. The Hall–Kier alpha value is -1.11. The van der Waals surface area contributed by atoms with Crippen molar-refractivity contribution in [1.29, 1.82) is 0 Å². The molecule has 0 bridgehead atoms. The first kappa shape index (κ1) is 16.9. The van der Waals surface area contributed by atoms with Crippen LogP contribution in [0.4, 0.5) is 17.6 Å². The van der Waals surface area contributed by atoms with Crippen LogP contribution in [0.25, 0.3) is 0 Å². The fraction of sp³-hybridized carbons (Fsp3) is 0.455. The highest BCUT2D eigenvalue weighted by Gasteiger charge is 2.58. The fourth-order valence-electron chi connectivity index (χ4n) is 1.29. The van der Waals surface area contributed by atoms with Crippen molar-refractivity contribution >= 4 is 7.75 Å². The van der Waals surface area contributed by atoms with E-state index in [0.29, 0.717) is 13.8 Å². The zero-order chi connectivity index (χ0) is 15.6. The maximum Gasteiger partial charge on any atom is 0.456 e. The number of para-hydroxylation sites is 1. The van der Waals surface area contributed by atoms with Crippen LogP contribution in [-0.4, -0.2) is 17.9 Å². The minimum absolute atomic E-state index is 0.00879. The minimum atomic E-state index is -4.54. The zero-order valence-corrected chi connectivity index (χ0v) is 11.6. The van der Waals surface area contributed by atoms with E-state index in [-0.39, 0.29) is 5.75 Å². The van der Waals surface area contributed by atoms with Gasteiger partial charge in [0.2, 0.25) is 0 Å². The van der Waals surface area contributed by atoms with E-state index >= 15 is 0 Å². The number of hydrogen-bond donors (Lipinski definition) is 1. The SMILES string of the molecule is CC(C)(OP(N)(=O)Oc1ccccc1)C(F)(F)C(F)F. The van der Waals surface area contributed by atoms with Crippen LogP contribution >= 0.6 is 7.75 Å². The van der Waals surface area contributed by atoms with Gasteiger partial charge in [0.15, 0.2) is 0 Å². The molecule has 1 atom stereocenters. The Labute approximate surface area is 113 Å². The summed E-state index contributed by atoms with van der Waals surface area (Å²) in [6.45, 7) is 1.32. The second-order valence-corrected chi connectivity index (χ2v) is 5.91. The lowest BCUT2D eigenvalue weighted by Gasteiger charge is -2.34. The van der Waals surface area contributed by atoms with Crippen LogP contribution in [-0.2, 0) is 9.09 Å². The molecule has 0 spiro atoms. The Kier molecular flexibility index (Phi) is 4.84. The third-order valence-electron chi connectivity index (χ3n) is 2.41. The molecule has 0 aliphatic rings. The summed E-state index contributed by atoms with van der Waals surface area (Å²) in [5.74, 6) is -4.53. The maximum absolute atomic E-state index is 13.3. The maximum atomic E-state index is 13.3. The molecule has 9 heteroatoms. The summed E-state index contributed by atoms with van der Waals surface area (Å²) in [4.78, 5) is 0. The lowest BCUT2D eigenvalue weighted by atomic mass is 10.0. The van der Waals surface area contributed by atoms with Crippen LogP contribution in [0.3, 0.4) is 0 Å². The first-order valence-electron chi connectivity index (χ1n) is 5.48. The van der Waals surface area contributed by atoms with E-state index in [1.807, 2.05) is 0 Å².